The second kappa shape index (κ2) is 9.45. The summed E-state index contributed by atoms with van der Waals surface area (Å²) >= 11 is 0. The van der Waals surface area contributed by atoms with Gasteiger partial charge in [0.1, 0.15) is 0 Å². The van der Waals surface area contributed by atoms with Crippen LogP contribution in [-0.4, -0.2) is 59.5 Å². The van der Waals surface area contributed by atoms with Gasteiger partial charge >= 0.3 is 5.97 Å². The number of sulfonamides is 2. The number of rotatable bonds is 8. The highest BCUT2D eigenvalue weighted by Crippen LogP contribution is 2.20. The first-order chi connectivity index (χ1) is 14.3. The minimum Gasteiger partial charge on any atom is -0.449 e. The predicted molar refractivity (Wildman–Crippen MR) is 116 cm³/mol. The summed E-state index contributed by atoms with van der Waals surface area (Å²) in [6.45, 7) is 1.33. The maximum absolute atomic E-state index is 12.5. The Bertz CT molecular complexity index is 1190. The van der Waals surface area contributed by atoms with Crippen LogP contribution in [0.5, 0.6) is 0 Å². The van der Waals surface area contributed by atoms with Crippen LogP contribution >= 0.6 is 0 Å². The molecule has 1 unspecified atom stereocenters. The Hall–Kier alpha value is -2.96. The van der Waals surface area contributed by atoms with Gasteiger partial charge in [-0.2, -0.15) is 0 Å². The van der Waals surface area contributed by atoms with Crippen LogP contribution < -0.4 is 10.0 Å². The molecule has 0 aliphatic carbocycles. The monoisotopic (exact) mass is 469 g/mol. The van der Waals surface area contributed by atoms with Crippen molar-refractivity contribution in [2.24, 2.45) is 0 Å². The molecule has 1 atom stereocenters. The Kier molecular flexibility index (Phi) is 7.41. The Labute approximate surface area is 181 Å². The van der Waals surface area contributed by atoms with E-state index in [1.807, 2.05) is 0 Å². The van der Waals surface area contributed by atoms with Crippen molar-refractivity contribution in [3.8, 4) is 0 Å². The summed E-state index contributed by atoms with van der Waals surface area (Å²) in [7, 11) is -4.55. The van der Waals surface area contributed by atoms with Crippen LogP contribution in [0.4, 0.5) is 11.4 Å². The molecule has 0 saturated heterocycles. The van der Waals surface area contributed by atoms with Crippen LogP contribution in [0.15, 0.2) is 53.4 Å². The van der Waals surface area contributed by atoms with Crippen molar-refractivity contribution in [3.63, 3.8) is 0 Å². The molecule has 0 bridgehead atoms. The number of anilines is 2. The molecule has 0 radical (unpaired) electrons. The minimum atomic E-state index is -3.69. The second-order valence-electron chi connectivity index (χ2n) is 6.77. The first-order valence-corrected chi connectivity index (χ1v) is 12.3. The average molecular weight is 470 g/mol. The van der Waals surface area contributed by atoms with Gasteiger partial charge in [-0.1, -0.05) is 18.2 Å². The van der Waals surface area contributed by atoms with Crippen molar-refractivity contribution >= 4 is 43.3 Å². The van der Waals surface area contributed by atoms with Crippen molar-refractivity contribution < 1.29 is 31.2 Å². The summed E-state index contributed by atoms with van der Waals surface area (Å²) in [6, 6.07) is 11.4. The molecule has 10 nitrogen and oxygen atoms in total. The third-order valence-corrected chi connectivity index (χ3v) is 6.38. The number of hydrogen-bond acceptors (Lipinski definition) is 7. The van der Waals surface area contributed by atoms with E-state index < -0.39 is 38.0 Å². The summed E-state index contributed by atoms with van der Waals surface area (Å²) in [5.41, 5.74) is 0.158. The van der Waals surface area contributed by atoms with E-state index in [1.54, 1.807) is 0 Å². The number of ether oxygens (including phenoxy) is 1. The lowest BCUT2D eigenvalue weighted by Gasteiger charge is -2.16. The highest BCUT2D eigenvalue weighted by atomic mass is 32.2. The fraction of sp³-hybridized carbons (Fsp3) is 0.263. The molecule has 0 aliphatic rings. The summed E-state index contributed by atoms with van der Waals surface area (Å²) < 4.78 is 55.8. The van der Waals surface area contributed by atoms with Gasteiger partial charge in [0.15, 0.2) is 6.10 Å². The SMILES string of the molecule is CC(OC(=O)c1ccccc1NS(C)(=O)=O)C(=O)Nc1cccc(S(=O)(=O)N(C)C)c1. The van der Waals surface area contributed by atoms with Crippen LogP contribution in [0.25, 0.3) is 0 Å². The zero-order chi connectivity index (χ0) is 23.4. The van der Waals surface area contributed by atoms with Gasteiger partial charge in [-0.15, -0.1) is 0 Å². The largest absolute Gasteiger partial charge is 0.449 e. The van der Waals surface area contributed by atoms with Crippen molar-refractivity contribution in [3.05, 3.63) is 54.1 Å². The number of nitrogens with zero attached hydrogens (tertiary/aromatic N) is 1. The van der Waals surface area contributed by atoms with Crippen molar-refractivity contribution in [1.29, 1.82) is 0 Å². The van der Waals surface area contributed by atoms with Gasteiger partial charge in [0, 0.05) is 19.8 Å². The number of para-hydroxylation sites is 1. The van der Waals surface area contributed by atoms with Gasteiger partial charge in [0.05, 0.1) is 22.4 Å². The van der Waals surface area contributed by atoms with Gasteiger partial charge in [0.25, 0.3) is 5.91 Å². The molecule has 0 saturated carbocycles. The molecule has 168 valence electrons. The minimum absolute atomic E-state index is 0.0132. The molecule has 0 aliphatic heterocycles. The highest BCUT2D eigenvalue weighted by Gasteiger charge is 2.23. The molecule has 2 rings (SSSR count). The fourth-order valence-electron chi connectivity index (χ4n) is 2.42. The van der Waals surface area contributed by atoms with E-state index in [0.717, 1.165) is 10.6 Å². The molecule has 31 heavy (non-hydrogen) atoms. The molecule has 0 fully saturated rings. The van der Waals surface area contributed by atoms with Crippen molar-refractivity contribution in [1.82, 2.24) is 4.31 Å². The summed E-state index contributed by atoms with van der Waals surface area (Å²) in [4.78, 5) is 24.9. The van der Waals surface area contributed by atoms with Crippen LogP contribution in [0, 0.1) is 0 Å². The zero-order valence-corrected chi connectivity index (χ0v) is 19.0. The Balaban J connectivity index is 2.13. The first-order valence-electron chi connectivity index (χ1n) is 8.92. The Morgan fingerprint density at radius 3 is 2.26 bits per heavy atom. The molecular weight excluding hydrogens is 446 g/mol. The van der Waals surface area contributed by atoms with E-state index in [9.17, 15) is 26.4 Å². The second-order valence-corrected chi connectivity index (χ2v) is 10.7. The molecule has 0 spiro atoms. The van der Waals surface area contributed by atoms with Crippen LogP contribution in [0.3, 0.4) is 0 Å². The maximum atomic E-state index is 12.5. The standard InChI is InChI=1S/C19H23N3O7S2/c1-13(29-19(24)16-10-5-6-11-17(16)21-30(4,25)26)18(23)20-14-8-7-9-15(12-14)31(27,28)22(2)3/h5-13,21H,1-4H3,(H,20,23). The predicted octanol–water partition coefficient (Wildman–Crippen LogP) is 1.49. The van der Waals surface area contributed by atoms with Crippen molar-refractivity contribution in [2.75, 3.05) is 30.4 Å². The van der Waals surface area contributed by atoms with Gasteiger partial charge < -0.3 is 10.1 Å². The number of benzene rings is 2. The number of carbonyl (C=O) groups is 2. The molecule has 2 aromatic carbocycles. The van der Waals surface area contributed by atoms with Gasteiger partial charge in [-0.25, -0.2) is 25.9 Å². The van der Waals surface area contributed by atoms with Gasteiger partial charge in [-0.05, 0) is 37.3 Å². The number of esters is 1. The van der Waals surface area contributed by atoms with Crippen LogP contribution in [-0.2, 0) is 29.6 Å². The van der Waals surface area contributed by atoms with E-state index >= 15 is 0 Å². The van der Waals surface area contributed by atoms with Gasteiger partial charge in [0.2, 0.25) is 20.0 Å². The number of carbonyl (C=O) groups excluding carboxylic acids is 2. The van der Waals surface area contributed by atoms with Crippen LogP contribution in [0.2, 0.25) is 0 Å². The van der Waals surface area contributed by atoms with E-state index in [4.69, 9.17) is 4.74 Å². The Morgan fingerprint density at radius 2 is 1.65 bits per heavy atom. The van der Waals surface area contributed by atoms with Crippen LogP contribution in [0.1, 0.15) is 17.3 Å². The third-order valence-electron chi connectivity index (χ3n) is 3.98. The number of hydrogen-bond donors (Lipinski definition) is 2. The maximum Gasteiger partial charge on any atom is 0.341 e. The van der Waals surface area contributed by atoms with Crippen molar-refractivity contribution in [2.45, 2.75) is 17.9 Å². The summed E-state index contributed by atoms with van der Waals surface area (Å²) in [5, 5.41) is 2.49. The van der Waals surface area contributed by atoms with E-state index in [-0.39, 0.29) is 21.8 Å². The smallest absolute Gasteiger partial charge is 0.341 e. The molecule has 12 heteroatoms. The quantitative estimate of drug-likeness (QED) is 0.559. The van der Waals surface area contributed by atoms with E-state index in [1.165, 1.54) is 69.6 Å². The zero-order valence-electron chi connectivity index (χ0n) is 17.3. The highest BCUT2D eigenvalue weighted by molar-refractivity contribution is 7.92. The first kappa shape index (κ1) is 24.3. The lowest BCUT2D eigenvalue weighted by molar-refractivity contribution is -0.123. The number of amides is 1. The molecule has 2 N–H and O–H groups in total. The van der Waals surface area contributed by atoms with E-state index in [2.05, 4.69) is 10.0 Å². The average Bonchev–Trinajstić information content (AvgIpc) is 2.67. The molecule has 2 aromatic rings. The summed E-state index contributed by atoms with van der Waals surface area (Å²) in [5.74, 6) is -1.60. The third kappa shape index (κ3) is 6.51. The molecule has 0 heterocycles. The lowest BCUT2D eigenvalue weighted by atomic mass is 10.2. The topological polar surface area (TPSA) is 139 Å². The fourth-order valence-corrected chi connectivity index (χ4v) is 3.94. The normalized spacial score (nSPS) is 12.8. The Morgan fingerprint density at radius 1 is 1.00 bits per heavy atom. The van der Waals surface area contributed by atoms with Gasteiger partial charge in [-0.3, -0.25) is 9.52 Å². The molecule has 0 aromatic heterocycles. The summed E-state index contributed by atoms with van der Waals surface area (Å²) in [6.07, 6.45) is -0.302. The lowest BCUT2D eigenvalue weighted by Crippen LogP contribution is -2.30. The number of nitrogens with one attached hydrogen (secondary N) is 2. The van der Waals surface area contributed by atoms with E-state index in [0.29, 0.717) is 0 Å². The molecular formula is C19H23N3O7S2. The molecule has 1 amide bonds.